The molecule has 0 atom stereocenters. The minimum atomic E-state index is -0.296. The second-order valence-corrected chi connectivity index (χ2v) is 7.93. The average molecular weight is 332 g/mol. The minimum Gasteiger partial charge on any atom is -0.400 e. The number of allylic oxidation sites excluding steroid dienone is 1. The maximum atomic E-state index is 6.33. The molecular weight excluding hydrogens is 303 g/mol. The summed E-state index contributed by atoms with van der Waals surface area (Å²) in [4.78, 5) is 1.29. The fourth-order valence-electron chi connectivity index (χ4n) is 2.71. The lowest BCUT2D eigenvalue weighted by molar-refractivity contribution is 0.00578. The van der Waals surface area contributed by atoms with Gasteiger partial charge in [0.15, 0.2) is 0 Å². The van der Waals surface area contributed by atoms with Crippen molar-refractivity contribution in [3.05, 3.63) is 41.4 Å². The monoisotopic (exact) mass is 332 g/mol. The van der Waals surface area contributed by atoms with Gasteiger partial charge in [0.25, 0.3) is 0 Å². The molecule has 4 heteroatoms. The van der Waals surface area contributed by atoms with Crippen LogP contribution in [0, 0.1) is 0 Å². The lowest BCUT2D eigenvalue weighted by Gasteiger charge is -2.32. The maximum absolute atomic E-state index is 6.33. The van der Waals surface area contributed by atoms with E-state index in [-0.39, 0.29) is 18.3 Å². The molecule has 0 unspecified atom stereocenters. The van der Waals surface area contributed by atoms with Crippen molar-refractivity contribution in [1.29, 1.82) is 0 Å². The van der Waals surface area contributed by atoms with Crippen LogP contribution in [0.4, 0.5) is 0 Å². The highest BCUT2D eigenvalue weighted by Crippen LogP contribution is 2.42. The first-order valence-corrected chi connectivity index (χ1v) is 9.73. The Hall–Kier alpha value is -0.705. The van der Waals surface area contributed by atoms with E-state index in [1.807, 2.05) is 0 Å². The Bertz CT molecular complexity index is 536. The molecule has 126 valence electrons. The molecule has 2 rings (SSSR count). The Labute approximate surface area is 146 Å². The van der Waals surface area contributed by atoms with E-state index in [1.54, 1.807) is 11.8 Å². The van der Waals surface area contributed by atoms with Gasteiger partial charge in [0.1, 0.15) is 0 Å². The summed E-state index contributed by atoms with van der Waals surface area (Å²) in [6.07, 6.45) is 5.47. The Morgan fingerprint density at radius 1 is 1.04 bits per heavy atom. The molecule has 0 aromatic heterocycles. The van der Waals surface area contributed by atoms with Gasteiger partial charge in [0.05, 0.1) is 11.2 Å². The van der Waals surface area contributed by atoms with Crippen LogP contribution in [0.1, 0.15) is 59.4 Å². The molecular formula is C19H29BO2S. The van der Waals surface area contributed by atoms with E-state index in [9.17, 15) is 0 Å². The van der Waals surface area contributed by atoms with Gasteiger partial charge in [-0.1, -0.05) is 50.1 Å². The molecule has 0 radical (unpaired) electrons. The normalized spacial score (nSPS) is 20.5. The van der Waals surface area contributed by atoms with Crippen LogP contribution >= 0.6 is 11.8 Å². The van der Waals surface area contributed by atoms with Crippen LogP contribution in [0.25, 0.3) is 4.91 Å². The zero-order chi connectivity index (χ0) is 17.1. The minimum absolute atomic E-state index is 0.255. The largest absolute Gasteiger partial charge is 0.491 e. The predicted octanol–water partition coefficient (Wildman–Crippen LogP) is 5.58. The van der Waals surface area contributed by atoms with Gasteiger partial charge in [-0.15, -0.1) is 11.8 Å². The van der Waals surface area contributed by atoms with Crippen molar-refractivity contribution < 1.29 is 9.31 Å². The highest BCUT2D eigenvalue weighted by molar-refractivity contribution is 8.07. The van der Waals surface area contributed by atoms with Gasteiger partial charge in [0, 0.05) is 4.91 Å². The molecule has 0 amide bonds. The zero-order valence-corrected chi connectivity index (χ0v) is 16.1. The quantitative estimate of drug-likeness (QED) is 0.633. The second-order valence-electron chi connectivity index (χ2n) is 7.12. The Morgan fingerprint density at radius 2 is 1.61 bits per heavy atom. The molecule has 1 aliphatic heterocycles. The van der Waals surface area contributed by atoms with E-state index in [0.717, 1.165) is 12.8 Å². The van der Waals surface area contributed by atoms with Crippen molar-refractivity contribution >= 4 is 23.8 Å². The third-order valence-electron chi connectivity index (χ3n) is 4.87. The maximum Gasteiger partial charge on any atom is 0.491 e. The lowest BCUT2D eigenvalue weighted by atomic mass is 9.74. The molecule has 1 aromatic rings. The Kier molecular flexibility index (Phi) is 6.04. The van der Waals surface area contributed by atoms with Gasteiger partial charge in [-0.05, 0) is 51.4 Å². The highest BCUT2D eigenvalue weighted by Gasteiger charge is 2.52. The van der Waals surface area contributed by atoms with E-state index in [4.69, 9.17) is 9.31 Å². The van der Waals surface area contributed by atoms with Crippen molar-refractivity contribution in [2.45, 2.75) is 65.1 Å². The van der Waals surface area contributed by atoms with Crippen LogP contribution in [-0.2, 0) is 9.31 Å². The summed E-state index contributed by atoms with van der Waals surface area (Å²) in [5.41, 5.74) is 1.94. The van der Waals surface area contributed by atoms with Crippen LogP contribution in [0.2, 0.25) is 0 Å². The number of hydrogen-bond acceptors (Lipinski definition) is 3. The number of thioether (sulfide) groups is 1. The summed E-state index contributed by atoms with van der Waals surface area (Å²) < 4.78 is 12.7. The molecule has 1 aliphatic rings. The van der Waals surface area contributed by atoms with Gasteiger partial charge in [-0.25, -0.2) is 0 Å². The molecule has 1 fully saturated rings. The molecule has 23 heavy (non-hydrogen) atoms. The summed E-state index contributed by atoms with van der Waals surface area (Å²) in [6.45, 7) is 10.7. The first-order valence-electron chi connectivity index (χ1n) is 8.50. The smallest absolute Gasteiger partial charge is 0.400 e. The molecule has 0 N–H and O–H groups in total. The van der Waals surface area contributed by atoms with E-state index < -0.39 is 0 Å². The topological polar surface area (TPSA) is 18.5 Å². The predicted molar refractivity (Wildman–Crippen MR) is 102 cm³/mol. The third kappa shape index (κ3) is 4.04. The lowest BCUT2D eigenvalue weighted by Crippen LogP contribution is -2.41. The average Bonchev–Trinajstić information content (AvgIpc) is 2.72. The zero-order valence-electron chi connectivity index (χ0n) is 15.3. The van der Waals surface area contributed by atoms with Crippen molar-refractivity contribution in [3.8, 4) is 0 Å². The summed E-state index contributed by atoms with van der Waals surface area (Å²) in [5, 5.41) is 0. The molecule has 1 heterocycles. The second kappa shape index (κ2) is 7.46. The molecule has 0 spiro atoms. The van der Waals surface area contributed by atoms with Crippen molar-refractivity contribution in [2.75, 3.05) is 6.26 Å². The molecule has 0 saturated carbocycles. The molecule has 1 aromatic carbocycles. The number of rotatable bonds is 6. The fraction of sp³-hybridized carbons (Fsp3) is 0.579. The number of benzene rings is 1. The van der Waals surface area contributed by atoms with Crippen LogP contribution in [0.15, 0.2) is 35.8 Å². The van der Waals surface area contributed by atoms with Gasteiger partial charge >= 0.3 is 7.12 Å². The first-order chi connectivity index (χ1) is 10.8. The van der Waals surface area contributed by atoms with Crippen molar-refractivity contribution in [2.24, 2.45) is 0 Å². The number of hydrogen-bond donors (Lipinski definition) is 0. The van der Waals surface area contributed by atoms with Gasteiger partial charge in [-0.3, -0.25) is 0 Å². The van der Waals surface area contributed by atoms with E-state index in [1.165, 1.54) is 22.4 Å². The fourth-order valence-corrected chi connectivity index (χ4v) is 3.55. The van der Waals surface area contributed by atoms with Gasteiger partial charge in [-0.2, -0.15) is 0 Å². The Morgan fingerprint density at radius 3 is 2.09 bits per heavy atom. The van der Waals surface area contributed by atoms with Crippen molar-refractivity contribution in [1.82, 2.24) is 0 Å². The van der Waals surface area contributed by atoms with Gasteiger partial charge in [0.2, 0.25) is 0 Å². The van der Waals surface area contributed by atoms with E-state index in [2.05, 4.69) is 71.2 Å². The standard InChI is InChI=1S/C19H29BO2S/c1-7-8-14-16(17(23-6)15-12-10-9-11-13-15)20-21-18(2,3)19(4,5)22-20/h9-13H,7-8,14H2,1-6H3/b17-16-. The molecule has 2 nitrogen and oxygen atoms in total. The van der Waals surface area contributed by atoms with Crippen LogP contribution in [0.5, 0.6) is 0 Å². The SMILES string of the molecule is CCCC/C(B1OC(C)(C)C(C)(C)O1)=C(/SC)c1ccccc1. The van der Waals surface area contributed by atoms with Crippen LogP contribution in [0.3, 0.4) is 0 Å². The van der Waals surface area contributed by atoms with Crippen LogP contribution < -0.4 is 0 Å². The van der Waals surface area contributed by atoms with Crippen molar-refractivity contribution in [3.63, 3.8) is 0 Å². The third-order valence-corrected chi connectivity index (χ3v) is 5.78. The van der Waals surface area contributed by atoms with Crippen LogP contribution in [-0.4, -0.2) is 24.6 Å². The summed E-state index contributed by atoms with van der Waals surface area (Å²) in [7, 11) is -0.255. The summed E-state index contributed by atoms with van der Waals surface area (Å²) in [6, 6.07) is 10.6. The molecule has 0 bridgehead atoms. The first kappa shape index (κ1) is 18.6. The summed E-state index contributed by atoms with van der Waals surface area (Å²) in [5.74, 6) is 0. The van der Waals surface area contributed by atoms with E-state index >= 15 is 0 Å². The van der Waals surface area contributed by atoms with Gasteiger partial charge < -0.3 is 9.31 Å². The highest BCUT2D eigenvalue weighted by atomic mass is 32.2. The van der Waals surface area contributed by atoms with E-state index in [0.29, 0.717) is 0 Å². The Balaban J connectivity index is 2.42. The summed E-state index contributed by atoms with van der Waals surface area (Å²) >= 11 is 1.79. The molecule has 1 saturated heterocycles. The molecule has 0 aliphatic carbocycles. The number of unbranched alkanes of at least 4 members (excludes halogenated alkanes) is 1.